The molecule has 5 heteroatoms. The summed E-state index contributed by atoms with van der Waals surface area (Å²) >= 11 is 0. The smallest absolute Gasteiger partial charge is 0.253 e. The van der Waals surface area contributed by atoms with Gasteiger partial charge in [-0.2, -0.15) is 0 Å². The molecule has 0 fully saturated rings. The van der Waals surface area contributed by atoms with Gasteiger partial charge in [0.1, 0.15) is 5.75 Å². The van der Waals surface area contributed by atoms with Crippen LogP contribution in [0, 0.1) is 13.8 Å². The third kappa shape index (κ3) is 3.18. The van der Waals surface area contributed by atoms with Crippen LogP contribution in [0.4, 0.5) is 5.69 Å². The monoisotopic (exact) mass is 339 g/mol. The van der Waals surface area contributed by atoms with E-state index in [9.17, 15) is 4.79 Å². The lowest BCUT2D eigenvalue weighted by molar-refractivity contribution is 0.0827. The van der Waals surface area contributed by atoms with Crippen LogP contribution < -0.4 is 9.64 Å². The molecule has 1 aromatic heterocycles. The first kappa shape index (κ1) is 17.3. The first-order valence-electron chi connectivity index (χ1n) is 8.51. The van der Waals surface area contributed by atoms with Gasteiger partial charge in [-0.15, -0.1) is 0 Å². The highest BCUT2D eigenvalue weighted by Gasteiger charge is 2.22. The van der Waals surface area contributed by atoms with Gasteiger partial charge in [-0.3, -0.25) is 9.78 Å². The predicted molar refractivity (Wildman–Crippen MR) is 99.5 cm³/mol. The van der Waals surface area contributed by atoms with Crippen molar-refractivity contribution in [3.05, 3.63) is 52.3 Å². The van der Waals surface area contributed by atoms with Gasteiger partial charge in [-0.25, -0.2) is 0 Å². The van der Waals surface area contributed by atoms with E-state index in [0.29, 0.717) is 0 Å². The van der Waals surface area contributed by atoms with Crippen LogP contribution in [0.2, 0.25) is 0 Å². The first-order valence-corrected chi connectivity index (χ1v) is 8.51. The van der Waals surface area contributed by atoms with Crippen LogP contribution >= 0.6 is 0 Å². The number of carbonyl (C=O) groups is 1. The molecule has 0 saturated carbocycles. The third-order valence-electron chi connectivity index (χ3n) is 4.81. The van der Waals surface area contributed by atoms with Crippen LogP contribution in [0.15, 0.2) is 24.4 Å². The maximum absolute atomic E-state index is 12.2. The summed E-state index contributed by atoms with van der Waals surface area (Å²) in [5.41, 5.74) is 6.34. The molecule has 0 radical (unpaired) electrons. The number of methoxy groups -OCH3 is 1. The highest BCUT2D eigenvalue weighted by atomic mass is 16.5. The maximum Gasteiger partial charge on any atom is 0.253 e. The third-order valence-corrected chi connectivity index (χ3v) is 4.81. The molecule has 0 N–H and O–H groups in total. The molecule has 132 valence electrons. The summed E-state index contributed by atoms with van der Waals surface area (Å²) in [6.45, 7) is 5.75. The largest absolute Gasteiger partial charge is 0.496 e. The van der Waals surface area contributed by atoms with Gasteiger partial charge in [0, 0.05) is 49.2 Å². The van der Waals surface area contributed by atoms with E-state index >= 15 is 0 Å². The topological polar surface area (TPSA) is 45.7 Å². The van der Waals surface area contributed by atoms with Crippen LogP contribution in [-0.4, -0.2) is 43.5 Å². The molecule has 0 saturated heterocycles. The molecule has 1 aromatic carbocycles. The number of aryl methyl sites for hydroxylation is 1. The first-order chi connectivity index (χ1) is 11.9. The molecule has 1 aliphatic heterocycles. The number of benzene rings is 1. The van der Waals surface area contributed by atoms with E-state index in [0.717, 1.165) is 47.6 Å². The van der Waals surface area contributed by atoms with Gasteiger partial charge in [0.2, 0.25) is 0 Å². The second kappa shape index (κ2) is 6.75. The van der Waals surface area contributed by atoms with E-state index in [1.165, 1.54) is 11.3 Å². The van der Waals surface area contributed by atoms with Gasteiger partial charge in [0.15, 0.2) is 0 Å². The summed E-state index contributed by atoms with van der Waals surface area (Å²) in [7, 11) is 5.26. The molecule has 0 bridgehead atoms. The van der Waals surface area contributed by atoms with Crippen molar-refractivity contribution in [3.63, 3.8) is 0 Å². The quantitative estimate of drug-likeness (QED) is 0.859. The molecule has 0 spiro atoms. The Bertz CT molecular complexity index is 815. The summed E-state index contributed by atoms with van der Waals surface area (Å²) < 4.78 is 5.51. The van der Waals surface area contributed by atoms with Gasteiger partial charge in [0.25, 0.3) is 5.91 Å². The Hall–Kier alpha value is -2.56. The zero-order chi connectivity index (χ0) is 18.1. The molecular weight excluding hydrogens is 314 g/mol. The summed E-state index contributed by atoms with van der Waals surface area (Å²) in [5.74, 6) is 0.957. The molecular formula is C20H25N3O2. The molecule has 1 amide bonds. The summed E-state index contributed by atoms with van der Waals surface area (Å²) in [4.78, 5) is 20.7. The lowest BCUT2D eigenvalue weighted by Gasteiger charge is -2.21. The zero-order valence-electron chi connectivity index (χ0n) is 15.6. The molecule has 2 aromatic rings. The lowest BCUT2D eigenvalue weighted by atomic mass is 10.1. The van der Waals surface area contributed by atoms with Crippen molar-refractivity contribution in [3.8, 4) is 5.75 Å². The van der Waals surface area contributed by atoms with Crippen molar-refractivity contribution in [1.82, 2.24) is 9.88 Å². The lowest BCUT2D eigenvalue weighted by Crippen LogP contribution is -2.22. The number of fused-ring (bicyclic) bond motifs is 1. The summed E-state index contributed by atoms with van der Waals surface area (Å²) in [6, 6.07) is 5.99. The van der Waals surface area contributed by atoms with Gasteiger partial charge >= 0.3 is 0 Å². The van der Waals surface area contributed by atoms with E-state index in [1.807, 2.05) is 25.3 Å². The minimum Gasteiger partial charge on any atom is -0.496 e. The zero-order valence-corrected chi connectivity index (χ0v) is 15.6. The standard InChI is InChI=1S/C20H25N3O2/c1-13-11-21-17(14(2)19(13)25-5)12-23-9-8-15-10-16(6-7-18(15)23)20(24)22(3)4/h6-7,10-11H,8-9,12H2,1-5H3. The second-order valence-corrected chi connectivity index (χ2v) is 6.76. The van der Waals surface area contributed by atoms with Gasteiger partial charge in [0.05, 0.1) is 19.3 Å². The van der Waals surface area contributed by atoms with Crippen molar-refractivity contribution < 1.29 is 9.53 Å². The molecule has 3 rings (SSSR count). The fourth-order valence-electron chi connectivity index (χ4n) is 3.44. The number of hydrogen-bond donors (Lipinski definition) is 0. The number of anilines is 1. The molecule has 0 aliphatic carbocycles. The number of rotatable bonds is 4. The Morgan fingerprint density at radius 1 is 1.32 bits per heavy atom. The Morgan fingerprint density at radius 2 is 2.08 bits per heavy atom. The van der Waals surface area contributed by atoms with Crippen LogP contribution in [0.1, 0.15) is 32.7 Å². The van der Waals surface area contributed by atoms with Crippen LogP contribution in [0.25, 0.3) is 0 Å². The second-order valence-electron chi connectivity index (χ2n) is 6.76. The number of hydrogen-bond acceptors (Lipinski definition) is 4. The number of amides is 1. The molecule has 0 atom stereocenters. The van der Waals surface area contributed by atoms with Crippen LogP contribution in [0.5, 0.6) is 5.75 Å². The fourth-order valence-corrected chi connectivity index (χ4v) is 3.44. The number of pyridine rings is 1. The van der Waals surface area contributed by atoms with Gasteiger partial charge in [-0.05, 0) is 44.0 Å². The number of aromatic nitrogens is 1. The fraction of sp³-hybridized carbons (Fsp3) is 0.400. The number of carbonyl (C=O) groups excluding carboxylic acids is 1. The highest BCUT2D eigenvalue weighted by molar-refractivity contribution is 5.94. The van der Waals surface area contributed by atoms with Crippen LogP contribution in [0.3, 0.4) is 0 Å². The molecule has 2 heterocycles. The van der Waals surface area contributed by atoms with Crippen molar-refractivity contribution in [2.24, 2.45) is 0 Å². The Balaban J connectivity index is 1.86. The van der Waals surface area contributed by atoms with E-state index in [1.54, 1.807) is 26.1 Å². The summed E-state index contributed by atoms with van der Waals surface area (Å²) in [6.07, 6.45) is 2.82. The average molecular weight is 339 g/mol. The van der Waals surface area contributed by atoms with E-state index in [2.05, 4.69) is 22.9 Å². The van der Waals surface area contributed by atoms with E-state index in [-0.39, 0.29) is 5.91 Å². The van der Waals surface area contributed by atoms with Crippen molar-refractivity contribution in [2.75, 3.05) is 32.6 Å². The Labute approximate surface area is 149 Å². The average Bonchev–Trinajstić information content (AvgIpc) is 2.99. The van der Waals surface area contributed by atoms with Crippen molar-refractivity contribution in [2.45, 2.75) is 26.8 Å². The Morgan fingerprint density at radius 3 is 2.76 bits per heavy atom. The number of ether oxygens (including phenoxy) is 1. The normalized spacial score (nSPS) is 12.9. The minimum atomic E-state index is 0.0435. The minimum absolute atomic E-state index is 0.0435. The SMILES string of the molecule is COc1c(C)cnc(CN2CCc3cc(C(=O)N(C)C)ccc32)c1C. The van der Waals surface area contributed by atoms with Crippen molar-refractivity contribution >= 4 is 11.6 Å². The molecule has 1 aliphatic rings. The predicted octanol–water partition coefficient (Wildman–Crippen LogP) is 2.97. The van der Waals surface area contributed by atoms with E-state index < -0.39 is 0 Å². The summed E-state index contributed by atoms with van der Waals surface area (Å²) in [5, 5.41) is 0. The Kier molecular flexibility index (Phi) is 4.66. The molecule has 5 nitrogen and oxygen atoms in total. The molecule has 25 heavy (non-hydrogen) atoms. The van der Waals surface area contributed by atoms with Crippen LogP contribution in [-0.2, 0) is 13.0 Å². The number of nitrogens with zero attached hydrogens (tertiary/aromatic N) is 3. The highest BCUT2D eigenvalue weighted by Crippen LogP contribution is 2.32. The maximum atomic E-state index is 12.2. The van der Waals surface area contributed by atoms with E-state index in [4.69, 9.17) is 4.74 Å². The van der Waals surface area contributed by atoms with Gasteiger partial charge < -0.3 is 14.5 Å². The molecule has 0 unspecified atom stereocenters. The van der Waals surface area contributed by atoms with Gasteiger partial charge in [-0.1, -0.05) is 0 Å². The van der Waals surface area contributed by atoms with Crippen molar-refractivity contribution in [1.29, 1.82) is 0 Å².